The third kappa shape index (κ3) is 5.10. The van der Waals surface area contributed by atoms with Crippen molar-refractivity contribution in [3.63, 3.8) is 0 Å². The predicted octanol–water partition coefficient (Wildman–Crippen LogP) is 2.59. The van der Waals surface area contributed by atoms with Crippen molar-refractivity contribution in [1.29, 1.82) is 0 Å². The standard InChI is InChI=1S/C14H22N2OS/c1-4-15-11(3)12-6-8-13(9-7-12)18-10-14(17)16-5-2/h6-9,11,15H,4-5,10H2,1-3H3,(H,16,17). The highest BCUT2D eigenvalue weighted by molar-refractivity contribution is 8.00. The summed E-state index contributed by atoms with van der Waals surface area (Å²) >= 11 is 1.57. The predicted molar refractivity (Wildman–Crippen MR) is 77.9 cm³/mol. The first-order chi connectivity index (χ1) is 8.67. The van der Waals surface area contributed by atoms with E-state index in [4.69, 9.17) is 0 Å². The summed E-state index contributed by atoms with van der Waals surface area (Å²) in [6.45, 7) is 7.85. The van der Waals surface area contributed by atoms with Crippen LogP contribution in [0.25, 0.3) is 0 Å². The maximum Gasteiger partial charge on any atom is 0.230 e. The van der Waals surface area contributed by atoms with Crippen molar-refractivity contribution < 1.29 is 4.79 Å². The molecule has 1 aromatic rings. The Balaban J connectivity index is 2.47. The fraction of sp³-hybridized carbons (Fsp3) is 0.500. The van der Waals surface area contributed by atoms with E-state index in [1.54, 1.807) is 11.8 Å². The second-order valence-electron chi connectivity index (χ2n) is 4.09. The van der Waals surface area contributed by atoms with Gasteiger partial charge in [-0.3, -0.25) is 4.79 Å². The van der Waals surface area contributed by atoms with Crippen LogP contribution in [0.5, 0.6) is 0 Å². The van der Waals surface area contributed by atoms with Crippen LogP contribution in [-0.2, 0) is 4.79 Å². The second kappa shape index (κ2) is 8.16. The number of thioether (sulfide) groups is 1. The Bertz CT molecular complexity index is 365. The van der Waals surface area contributed by atoms with Crippen LogP contribution >= 0.6 is 11.8 Å². The summed E-state index contributed by atoms with van der Waals surface area (Å²) in [5, 5.41) is 6.17. The Kier molecular flexibility index (Phi) is 6.83. The Morgan fingerprint density at radius 2 is 1.89 bits per heavy atom. The van der Waals surface area contributed by atoms with Gasteiger partial charge in [0.2, 0.25) is 5.91 Å². The lowest BCUT2D eigenvalue weighted by Gasteiger charge is -2.13. The van der Waals surface area contributed by atoms with Crippen LogP contribution in [0.4, 0.5) is 0 Å². The normalized spacial score (nSPS) is 12.2. The van der Waals surface area contributed by atoms with Crippen molar-refractivity contribution in [2.75, 3.05) is 18.8 Å². The maximum atomic E-state index is 11.3. The lowest BCUT2D eigenvalue weighted by Crippen LogP contribution is -2.24. The average molecular weight is 266 g/mol. The van der Waals surface area contributed by atoms with E-state index in [0.717, 1.165) is 11.4 Å². The smallest absolute Gasteiger partial charge is 0.230 e. The molecular formula is C14H22N2OS. The Morgan fingerprint density at radius 3 is 2.44 bits per heavy atom. The van der Waals surface area contributed by atoms with E-state index in [9.17, 15) is 4.79 Å². The SMILES string of the molecule is CCNC(=O)CSc1ccc(C(C)NCC)cc1. The number of hydrogen-bond donors (Lipinski definition) is 2. The molecule has 1 unspecified atom stereocenters. The van der Waals surface area contributed by atoms with E-state index >= 15 is 0 Å². The minimum absolute atomic E-state index is 0.0904. The lowest BCUT2D eigenvalue weighted by molar-refractivity contribution is -0.118. The Labute approximate surface area is 114 Å². The van der Waals surface area contributed by atoms with Crippen LogP contribution in [0.15, 0.2) is 29.2 Å². The van der Waals surface area contributed by atoms with E-state index in [1.165, 1.54) is 5.56 Å². The zero-order valence-corrected chi connectivity index (χ0v) is 12.1. The molecule has 0 aromatic heterocycles. The quantitative estimate of drug-likeness (QED) is 0.745. The minimum Gasteiger partial charge on any atom is -0.356 e. The van der Waals surface area contributed by atoms with Crippen molar-refractivity contribution in [2.24, 2.45) is 0 Å². The summed E-state index contributed by atoms with van der Waals surface area (Å²) in [6.07, 6.45) is 0. The third-order valence-corrected chi connectivity index (χ3v) is 3.65. The number of hydrogen-bond acceptors (Lipinski definition) is 3. The number of carbonyl (C=O) groups excluding carboxylic acids is 1. The largest absolute Gasteiger partial charge is 0.356 e. The lowest BCUT2D eigenvalue weighted by atomic mass is 10.1. The van der Waals surface area contributed by atoms with Crippen LogP contribution in [0.1, 0.15) is 32.4 Å². The van der Waals surface area contributed by atoms with Crippen molar-refractivity contribution in [3.05, 3.63) is 29.8 Å². The molecule has 0 saturated heterocycles. The topological polar surface area (TPSA) is 41.1 Å². The number of amides is 1. The molecule has 0 aliphatic rings. The van der Waals surface area contributed by atoms with Gasteiger partial charge in [0.15, 0.2) is 0 Å². The van der Waals surface area contributed by atoms with Gasteiger partial charge in [-0.25, -0.2) is 0 Å². The van der Waals surface area contributed by atoms with E-state index < -0.39 is 0 Å². The highest BCUT2D eigenvalue weighted by atomic mass is 32.2. The van der Waals surface area contributed by atoms with E-state index in [-0.39, 0.29) is 5.91 Å². The van der Waals surface area contributed by atoms with E-state index in [2.05, 4.69) is 48.7 Å². The zero-order valence-electron chi connectivity index (χ0n) is 11.3. The second-order valence-corrected chi connectivity index (χ2v) is 5.14. The van der Waals surface area contributed by atoms with E-state index in [1.807, 2.05) is 6.92 Å². The third-order valence-electron chi connectivity index (χ3n) is 2.63. The first-order valence-corrected chi connectivity index (χ1v) is 7.38. The summed E-state index contributed by atoms with van der Waals surface area (Å²) in [4.78, 5) is 12.5. The molecule has 1 aromatic carbocycles. The van der Waals surface area contributed by atoms with Gasteiger partial charge in [0.25, 0.3) is 0 Å². The monoisotopic (exact) mass is 266 g/mol. The molecule has 2 N–H and O–H groups in total. The van der Waals surface area contributed by atoms with Gasteiger partial charge in [0.05, 0.1) is 5.75 Å². The molecule has 0 heterocycles. The van der Waals surface area contributed by atoms with Crippen LogP contribution in [0, 0.1) is 0 Å². The van der Waals surface area contributed by atoms with Gasteiger partial charge >= 0.3 is 0 Å². The molecule has 1 amide bonds. The Hall–Kier alpha value is -1.00. The molecule has 0 aliphatic heterocycles. The molecule has 100 valence electrons. The molecule has 0 bridgehead atoms. The molecular weight excluding hydrogens is 244 g/mol. The van der Waals surface area contributed by atoms with Gasteiger partial charge in [0, 0.05) is 17.5 Å². The maximum absolute atomic E-state index is 11.3. The van der Waals surface area contributed by atoms with E-state index in [0.29, 0.717) is 18.3 Å². The van der Waals surface area contributed by atoms with Gasteiger partial charge in [-0.05, 0) is 38.1 Å². The number of carbonyl (C=O) groups is 1. The van der Waals surface area contributed by atoms with Crippen molar-refractivity contribution in [3.8, 4) is 0 Å². The van der Waals surface area contributed by atoms with Gasteiger partial charge < -0.3 is 10.6 Å². The number of nitrogens with one attached hydrogen (secondary N) is 2. The first-order valence-electron chi connectivity index (χ1n) is 6.40. The number of rotatable bonds is 7. The minimum atomic E-state index is 0.0904. The average Bonchev–Trinajstić information content (AvgIpc) is 2.37. The number of benzene rings is 1. The molecule has 3 nitrogen and oxygen atoms in total. The van der Waals surface area contributed by atoms with Crippen LogP contribution in [0.2, 0.25) is 0 Å². The summed E-state index contributed by atoms with van der Waals surface area (Å²) in [5.41, 5.74) is 1.28. The highest BCUT2D eigenvalue weighted by Crippen LogP contribution is 2.20. The highest BCUT2D eigenvalue weighted by Gasteiger charge is 2.04. The van der Waals surface area contributed by atoms with Gasteiger partial charge in [0.1, 0.15) is 0 Å². The molecule has 1 atom stereocenters. The molecule has 4 heteroatoms. The zero-order chi connectivity index (χ0) is 13.4. The van der Waals surface area contributed by atoms with Crippen LogP contribution in [0.3, 0.4) is 0 Å². The fourth-order valence-electron chi connectivity index (χ4n) is 1.67. The van der Waals surface area contributed by atoms with Crippen molar-refractivity contribution >= 4 is 17.7 Å². The fourth-order valence-corrected chi connectivity index (χ4v) is 2.40. The summed E-state index contributed by atoms with van der Waals surface area (Å²) < 4.78 is 0. The summed E-state index contributed by atoms with van der Waals surface area (Å²) in [6, 6.07) is 8.76. The molecule has 0 spiro atoms. The summed E-state index contributed by atoms with van der Waals surface area (Å²) in [7, 11) is 0. The molecule has 0 aliphatic carbocycles. The Morgan fingerprint density at radius 1 is 1.22 bits per heavy atom. The molecule has 18 heavy (non-hydrogen) atoms. The first kappa shape index (κ1) is 15.1. The summed E-state index contributed by atoms with van der Waals surface area (Å²) in [5.74, 6) is 0.572. The molecule has 1 rings (SSSR count). The molecule has 0 fully saturated rings. The molecule has 0 saturated carbocycles. The van der Waals surface area contributed by atoms with Gasteiger partial charge in [-0.2, -0.15) is 0 Å². The van der Waals surface area contributed by atoms with Crippen molar-refractivity contribution in [1.82, 2.24) is 10.6 Å². The van der Waals surface area contributed by atoms with Gasteiger partial charge in [-0.15, -0.1) is 11.8 Å². The van der Waals surface area contributed by atoms with Crippen LogP contribution in [-0.4, -0.2) is 24.7 Å². The molecule has 0 radical (unpaired) electrons. The van der Waals surface area contributed by atoms with Crippen LogP contribution < -0.4 is 10.6 Å². The van der Waals surface area contributed by atoms with Crippen molar-refractivity contribution in [2.45, 2.75) is 31.7 Å². The van der Waals surface area contributed by atoms with Gasteiger partial charge in [-0.1, -0.05) is 19.1 Å².